The number of benzene rings is 1. The third-order valence-electron chi connectivity index (χ3n) is 3.67. The van der Waals surface area contributed by atoms with Crippen LogP contribution in [0.2, 0.25) is 0 Å². The summed E-state index contributed by atoms with van der Waals surface area (Å²) in [5.41, 5.74) is 9.06. The second-order valence-electron chi connectivity index (χ2n) is 6.05. The van der Waals surface area contributed by atoms with E-state index in [9.17, 15) is 4.21 Å². The van der Waals surface area contributed by atoms with E-state index in [4.69, 9.17) is 5.73 Å². The third kappa shape index (κ3) is 3.65. The lowest BCUT2D eigenvalue weighted by Gasteiger charge is -2.31. The predicted molar refractivity (Wildman–Crippen MR) is 89.3 cm³/mol. The lowest BCUT2D eigenvalue weighted by Crippen LogP contribution is -2.27. The number of fused-ring (bicyclic) bond motifs is 1. The lowest BCUT2D eigenvalue weighted by atomic mass is 9.81. The van der Waals surface area contributed by atoms with E-state index < -0.39 is 10.8 Å². The monoisotopic (exact) mass is 299 g/mol. The molecule has 1 aromatic carbocycles. The average molecular weight is 299 g/mol. The molecular weight excluding hydrogens is 278 g/mol. The van der Waals surface area contributed by atoms with Crippen molar-refractivity contribution in [2.45, 2.75) is 37.5 Å². The van der Waals surface area contributed by atoms with E-state index in [1.807, 2.05) is 19.1 Å². The molecule has 2 nitrogen and oxygen atoms in total. The summed E-state index contributed by atoms with van der Waals surface area (Å²) in [4.78, 5) is 0.958. The van der Waals surface area contributed by atoms with Crippen LogP contribution in [0.5, 0.6) is 0 Å². The zero-order valence-corrected chi connectivity index (χ0v) is 13.6. The Labute approximate surface area is 129 Å². The first-order valence-corrected chi connectivity index (χ1v) is 8.29. The van der Waals surface area contributed by atoms with Gasteiger partial charge in [-0.2, -0.15) is 0 Å². The first-order chi connectivity index (χ1) is 9.79. The number of rotatable bonds is 1. The molecule has 1 aliphatic rings. The van der Waals surface area contributed by atoms with Gasteiger partial charge in [0.1, 0.15) is 0 Å². The fraction of sp³-hybridized carbons (Fsp3) is 0.333. The maximum Gasteiger partial charge on any atom is 0.0532 e. The topological polar surface area (TPSA) is 43.1 Å². The van der Waals surface area contributed by atoms with Crippen LogP contribution < -0.4 is 5.73 Å². The SMILES string of the molecule is C=C(N)/C=C(\C)C#Cc1ccc2c(c1)C(C)(C)CCS2=O. The van der Waals surface area contributed by atoms with Gasteiger partial charge >= 0.3 is 0 Å². The van der Waals surface area contributed by atoms with Crippen LogP contribution in [0.1, 0.15) is 38.3 Å². The summed E-state index contributed by atoms with van der Waals surface area (Å²) in [5, 5.41) is 0. The molecule has 0 radical (unpaired) electrons. The molecule has 0 saturated carbocycles. The van der Waals surface area contributed by atoms with Gasteiger partial charge in [0.05, 0.1) is 10.8 Å². The molecular formula is C18H21NOS. The average Bonchev–Trinajstić information content (AvgIpc) is 2.40. The van der Waals surface area contributed by atoms with Crippen molar-refractivity contribution in [3.8, 4) is 11.8 Å². The van der Waals surface area contributed by atoms with Gasteiger partial charge < -0.3 is 5.73 Å². The van der Waals surface area contributed by atoms with Gasteiger partial charge in [-0.3, -0.25) is 4.21 Å². The fourth-order valence-electron chi connectivity index (χ4n) is 2.41. The lowest BCUT2D eigenvalue weighted by molar-refractivity contribution is 0.486. The van der Waals surface area contributed by atoms with Gasteiger partial charge in [-0.15, -0.1) is 0 Å². The summed E-state index contributed by atoms with van der Waals surface area (Å²) in [6.07, 6.45) is 2.69. The molecule has 0 amide bonds. The minimum absolute atomic E-state index is 0.0529. The van der Waals surface area contributed by atoms with Gasteiger partial charge in [0, 0.05) is 27.5 Å². The van der Waals surface area contributed by atoms with E-state index in [-0.39, 0.29) is 5.41 Å². The smallest absolute Gasteiger partial charge is 0.0532 e. The largest absolute Gasteiger partial charge is 0.399 e. The summed E-state index contributed by atoms with van der Waals surface area (Å²) < 4.78 is 12.1. The quantitative estimate of drug-likeness (QED) is 0.639. The summed E-state index contributed by atoms with van der Waals surface area (Å²) >= 11 is 0. The van der Waals surface area contributed by atoms with Crippen LogP contribution in [0.4, 0.5) is 0 Å². The minimum Gasteiger partial charge on any atom is -0.399 e. The highest BCUT2D eigenvalue weighted by molar-refractivity contribution is 7.85. The zero-order chi connectivity index (χ0) is 15.6. The van der Waals surface area contributed by atoms with Gasteiger partial charge in [0.15, 0.2) is 0 Å². The Balaban J connectivity index is 2.40. The Morgan fingerprint density at radius 2 is 2.19 bits per heavy atom. The zero-order valence-electron chi connectivity index (χ0n) is 12.8. The highest BCUT2D eigenvalue weighted by Gasteiger charge is 2.30. The molecule has 1 heterocycles. The van der Waals surface area contributed by atoms with Crippen LogP contribution in [0, 0.1) is 11.8 Å². The molecule has 1 atom stereocenters. The first-order valence-electron chi connectivity index (χ1n) is 6.97. The van der Waals surface area contributed by atoms with Crippen molar-refractivity contribution < 1.29 is 4.21 Å². The molecule has 0 fully saturated rings. The van der Waals surface area contributed by atoms with Crippen LogP contribution in [-0.4, -0.2) is 9.96 Å². The predicted octanol–water partition coefficient (Wildman–Crippen LogP) is 3.25. The second-order valence-corrected chi connectivity index (χ2v) is 7.59. The number of allylic oxidation sites excluding steroid dienone is 2. The molecule has 21 heavy (non-hydrogen) atoms. The maximum absolute atomic E-state index is 12.1. The summed E-state index contributed by atoms with van der Waals surface area (Å²) in [6.45, 7) is 9.93. The van der Waals surface area contributed by atoms with Crippen molar-refractivity contribution in [3.63, 3.8) is 0 Å². The highest BCUT2D eigenvalue weighted by Crippen LogP contribution is 2.37. The van der Waals surface area contributed by atoms with E-state index in [0.717, 1.165) is 33.8 Å². The van der Waals surface area contributed by atoms with E-state index in [0.29, 0.717) is 5.70 Å². The molecule has 110 valence electrons. The van der Waals surface area contributed by atoms with Crippen molar-refractivity contribution in [1.82, 2.24) is 0 Å². The highest BCUT2D eigenvalue weighted by atomic mass is 32.2. The first kappa shape index (κ1) is 15.6. The number of hydrogen-bond donors (Lipinski definition) is 1. The van der Waals surface area contributed by atoms with Crippen LogP contribution in [0.3, 0.4) is 0 Å². The summed E-state index contributed by atoms with van der Waals surface area (Å²) in [7, 11) is -0.878. The van der Waals surface area contributed by atoms with E-state index in [1.165, 1.54) is 0 Å². The molecule has 0 bridgehead atoms. The van der Waals surface area contributed by atoms with Gasteiger partial charge in [0.2, 0.25) is 0 Å². The van der Waals surface area contributed by atoms with Crippen molar-refractivity contribution in [1.29, 1.82) is 0 Å². The Bertz CT molecular complexity index is 702. The van der Waals surface area contributed by atoms with E-state index in [2.05, 4.69) is 38.3 Å². The number of hydrogen-bond acceptors (Lipinski definition) is 2. The molecule has 2 rings (SSSR count). The fourth-order valence-corrected chi connectivity index (χ4v) is 4.13. The molecule has 1 aromatic rings. The molecule has 0 aliphatic carbocycles. The van der Waals surface area contributed by atoms with Crippen LogP contribution in [0.15, 0.2) is 47.0 Å². The van der Waals surface area contributed by atoms with E-state index >= 15 is 0 Å². The Kier molecular flexibility index (Phi) is 4.39. The second kappa shape index (κ2) is 5.91. The molecule has 0 aromatic heterocycles. The molecule has 0 saturated heterocycles. The van der Waals surface area contributed by atoms with Gasteiger partial charge in [-0.1, -0.05) is 32.3 Å². The van der Waals surface area contributed by atoms with Crippen molar-refractivity contribution >= 4 is 10.8 Å². The Hall–Kier alpha value is -1.79. The molecule has 1 aliphatic heterocycles. The van der Waals surface area contributed by atoms with Crippen molar-refractivity contribution in [2.24, 2.45) is 5.73 Å². The summed E-state index contributed by atoms with van der Waals surface area (Å²) in [5.74, 6) is 6.95. The Morgan fingerprint density at radius 3 is 2.86 bits per heavy atom. The van der Waals surface area contributed by atoms with Gasteiger partial charge in [-0.25, -0.2) is 0 Å². The normalized spacial score (nSPS) is 20.1. The maximum atomic E-state index is 12.1. The van der Waals surface area contributed by atoms with Crippen LogP contribution >= 0.6 is 0 Å². The van der Waals surface area contributed by atoms with Crippen molar-refractivity contribution in [3.05, 3.63) is 53.3 Å². The third-order valence-corrected chi connectivity index (χ3v) is 5.09. The molecule has 0 spiro atoms. The van der Waals surface area contributed by atoms with E-state index in [1.54, 1.807) is 6.08 Å². The standard InChI is InChI=1S/C18H21NOS/c1-13(11-14(2)19)5-6-15-7-8-17-16(12-15)18(3,4)9-10-21(17)20/h7-8,11-12H,2,9-10,19H2,1,3-4H3/b13-11+. The number of nitrogens with two attached hydrogens (primary N) is 1. The Morgan fingerprint density at radius 1 is 1.48 bits per heavy atom. The molecule has 3 heteroatoms. The minimum atomic E-state index is -0.878. The molecule has 2 N–H and O–H groups in total. The molecule has 1 unspecified atom stereocenters. The van der Waals surface area contributed by atoms with Crippen LogP contribution in [-0.2, 0) is 16.2 Å². The van der Waals surface area contributed by atoms with Crippen molar-refractivity contribution in [2.75, 3.05) is 5.75 Å². The van der Waals surface area contributed by atoms with Gasteiger partial charge in [0.25, 0.3) is 0 Å². The van der Waals surface area contributed by atoms with Crippen LogP contribution in [0.25, 0.3) is 0 Å². The summed E-state index contributed by atoms with van der Waals surface area (Å²) in [6, 6.07) is 5.97. The van der Waals surface area contributed by atoms with Gasteiger partial charge in [-0.05, 0) is 48.6 Å².